The molecule has 148 valence electrons. The fraction of sp³-hybridized carbons (Fsp3) is 0.696. The minimum atomic E-state index is -0.990. The van der Waals surface area contributed by atoms with Crippen molar-refractivity contribution in [1.29, 1.82) is 0 Å². The average Bonchev–Trinajstić information content (AvgIpc) is 2.66. The molecule has 1 N–H and O–H groups in total. The lowest BCUT2D eigenvalue weighted by atomic mass is 10.0. The fourth-order valence-corrected chi connectivity index (χ4v) is 3.16. The van der Waals surface area contributed by atoms with E-state index in [-0.39, 0.29) is 0 Å². The molecule has 0 bridgehead atoms. The number of benzene rings is 1. The Morgan fingerprint density at radius 2 is 1.27 bits per heavy atom. The summed E-state index contributed by atoms with van der Waals surface area (Å²) in [6.45, 7) is 2.26. The van der Waals surface area contributed by atoms with E-state index in [2.05, 4.69) is 6.92 Å². The summed E-state index contributed by atoms with van der Waals surface area (Å²) in [4.78, 5) is 11.8. The van der Waals surface area contributed by atoms with E-state index in [0.29, 0.717) is 12.0 Å². The molecule has 0 saturated heterocycles. The van der Waals surface area contributed by atoms with Crippen molar-refractivity contribution in [3.8, 4) is 0 Å². The minimum Gasteiger partial charge on any atom is -0.432 e. The Morgan fingerprint density at radius 1 is 0.808 bits per heavy atom. The van der Waals surface area contributed by atoms with Crippen molar-refractivity contribution in [3.63, 3.8) is 0 Å². The lowest BCUT2D eigenvalue weighted by Gasteiger charge is -2.12. The lowest BCUT2D eigenvalue weighted by molar-refractivity contribution is -0.0694. The van der Waals surface area contributed by atoms with E-state index in [1.54, 1.807) is 24.3 Å². The Hall–Kier alpha value is -1.35. The first-order valence-corrected chi connectivity index (χ1v) is 10.7. The highest BCUT2D eigenvalue weighted by atomic mass is 16.6. The summed E-state index contributed by atoms with van der Waals surface area (Å²) in [5, 5.41) is 9.81. The smallest absolute Gasteiger partial charge is 0.340 e. The number of aliphatic hydroxyl groups excluding tert-OH is 1. The number of unbranched alkanes of at least 4 members (excludes halogenated alkanes) is 12. The molecular weight excluding hydrogens is 324 g/mol. The summed E-state index contributed by atoms with van der Waals surface area (Å²) < 4.78 is 5.06. The maximum absolute atomic E-state index is 11.8. The number of rotatable bonds is 16. The van der Waals surface area contributed by atoms with Crippen LogP contribution in [0.3, 0.4) is 0 Å². The van der Waals surface area contributed by atoms with Crippen LogP contribution in [-0.4, -0.2) is 17.4 Å². The highest BCUT2D eigenvalue weighted by Gasteiger charge is 2.12. The van der Waals surface area contributed by atoms with Gasteiger partial charge in [-0.3, -0.25) is 0 Å². The number of hydrogen-bond donors (Lipinski definition) is 1. The largest absolute Gasteiger partial charge is 0.432 e. The van der Waals surface area contributed by atoms with E-state index in [1.807, 2.05) is 6.07 Å². The second-order valence-electron chi connectivity index (χ2n) is 7.26. The second kappa shape index (κ2) is 15.9. The molecule has 0 fully saturated rings. The molecule has 1 rings (SSSR count). The fourth-order valence-electron chi connectivity index (χ4n) is 3.16. The van der Waals surface area contributed by atoms with E-state index in [4.69, 9.17) is 4.74 Å². The van der Waals surface area contributed by atoms with Crippen LogP contribution in [0.25, 0.3) is 0 Å². The second-order valence-corrected chi connectivity index (χ2v) is 7.26. The van der Waals surface area contributed by atoms with Crippen LogP contribution in [-0.2, 0) is 4.74 Å². The summed E-state index contributed by atoms with van der Waals surface area (Å²) in [5.74, 6) is -0.451. The third-order valence-corrected chi connectivity index (χ3v) is 4.81. The Kier molecular flexibility index (Phi) is 13.8. The summed E-state index contributed by atoms with van der Waals surface area (Å²) >= 11 is 0. The Morgan fingerprint density at radius 3 is 1.77 bits per heavy atom. The van der Waals surface area contributed by atoms with Gasteiger partial charge in [0, 0.05) is 6.42 Å². The molecule has 1 unspecified atom stereocenters. The third-order valence-electron chi connectivity index (χ3n) is 4.81. The van der Waals surface area contributed by atoms with E-state index < -0.39 is 12.3 Å². The van der Waals surface area contributed by atoms with Crippen molar-refractivity contribution < 1.29 is 14.6 Å². The highest BCUT2D eigenvalue weighted by Crippen LogP contribution is 2.14. The standard InChI is InChI=1S/C23H38O3/c1-2-3-4-5-6-7-8-9-10-11-12-13-17-20-22(24)26-23(25)21-18-15-14-16-19-21/h14-16,18-19,22,24H,2-13,17,20H2,1H3. The summed E-state index contributed by atoms with van der Waals surface area (Å²) in [5.41, 5.74) is 0.483. The number of esters is 1. The van der Waals surface area contributed by atoms with Crippen molar-refractivity contribution in [3.05, 3.63) is 35.9 Å². The van der Waals surface area contributed by atoms with Gasteiger partial charge in [0.1, 0.15) is 0 Å². The van der Waals surface area contributed by atoms with Crippen LogP contribution in [0.2, 0.25) is 0 Å². The quantitative estimate of drug-likeness (QED) is 0.204. The number of hydrogen-bond acceptors (Lipinski definition) is 3. The number of aliphatic hydroxyl groups is 1. The van der Waals surface area contributed by atoms with Crippen LogP contribution in [0.1, 0.15) is 107 Å². The van der Waals surface area contributed by atoms with Crippen LogP contribution in [0.4, 0.5) is 0 Å². The maximum Gasteiger partial charge on any atom is 0.340 e. The first-order chi connectivity index (χ1) is 12.7. The molecule has 0 aliphatic heterocycles. The Balaban J connectivity index is 1.87. The van der Waals surface area contributed by atoms with Crippen molar-refractivity contribution in [2.75, 3.05) is 0 Å². The van der Waals surface area contributed by atoms with Gasteiger partial charge in [0.15, 0.2) is 0 Å². The summed E-state index contributed by atoms with van der Waals surface area (Å²) in [6.07, 6.45) is 16.4. The Bertz CT molecular complexity index is 444. The highest BCUT2D eigenvalue weighted by molar-refractivity contribution is 5.89. The molecule has 0 amide bonds. The van der Waals surface area contributed by atoms with Gasteiger partial charge in [-0.15, -0.1) is 0 Å². The molecule has 26 heavy (non-hydrogen) atoms. The number of carbonyl (C=O) groups excluding carboxylic acids is 1. The summed E-state index contributed by atoms with van der Waals surface area (Å²) in [7, 11) is 0. The molecule has 0 aromatic heterocycles. The molecule has 0 saturated carbocycles. The monoisotopic (exact) mass is 362 g/mol. The van der Waals surface area contributed by atoms with Crippen molar-refractivity contribution in [2.24, 2.45) is 0 Å². The molecule has 0 spiro atoms. The van der Waals surface area contributed by atoms with Crippen LogP contribution in [0.5, 0.6) is 0 Å². The molecule has 3 heteroatoms. The normalized spacial score (nSPS) is 12.1. The van der Waals surface area contributed by atoms with Gasteiger partial charge in [0.25, 0.3) is 0 Å². The zero-order valence-corrected chi connectivity index (χ0v) is 16.6. The molecule has 1 aromatic carbocycles. The zero-order chi connectivity index (χ0) is 18.9. The topological polar surface area (TPSA) is 46.5 Å². The maximum atomic E-state index is 11.8. The molecule has 0 radical (unpaired) electrons. The van der Waals surface area contributed by atoms with E-state index in [1.165, 1.54) is 70.6 Å². The lowest BCUT2D eigenvalue weighted by Crippen LogP contribution is -2.17. The molecule has 0 aliphatic carbocycles. The van der Waals surface area contributed by atoms with Gasteiger partial charge in [0.05, 0.1) is 5.56 Å². The van der Waals surface area contributed by atoms with Crippen LogP contribution >= 0.6 is 0 Å². The van der Waals surface area contributed by atoms with E-state index in [0.717, 1.165) is 12.8 Å². The van der Waals surface area contributed by atoms with Crippen LogP contribution < -0.4 is 0 Å². The number of carbonyl (C=O) groups is 1. The number of ether oxygens (including phenoxy) is 1. The molecule has 0 heterocycles. The van der Waals surface area contributed by atoms with Gasteiger partial charge in [-0.05, 0) is 18.6 Å². The van der Waals surface area contributed by atoms with Gasteiger partial charge in [-0.25, -0.2) is 4.79 Å². The first kappa shape index (κ1) is 22.7. The van der Waals surface area contributed by atoms with E-state index in [9.17, 15) is 9.90 Å². The van der Waals surface area contributed by atoms with Crippen LogP contribution in [0, 0.1) is 0 Å². The Labute approximate surface area is 160 Å². The molecule has 1 atom stereocenters. The average molecular weight is 363 g/mol. The van der Waals surface area contributed by atoms with Gasteiger partial charge in [-0.1, -0.05) is 102 Å². The molecule has 1 aromatic rings. The van der Waals surface area contributed by atoms with Gasteiger partial charge in [0.2, 0.25) is 6.29 Å². The van der Waals surface area contributed by atoms with Crippen molar-refractivity contribution in [1.82, 2.24) is 0 Å². The minimum absolute atomic E-state index is 0.451. The molecular formula is C23H38O3. The van der Waals surface area contributed by atoms with Crippen molar-refractivity contribution >= 4 is 5.97 Å². The SMILES string of the molecule is CCCCCCCCCCCCCCCC(O)OC(=O)c1ccccc1. The predicted molar refractivity (Wildman–Crippen MR) is 108 cm³/mol. The van der Waals surface area contributed by atoms with Gasteiger partial charge < -0.3 is 9.84 Å². The van der Waals surface area contributed by atoms with Gasteiger partial charge >= 0.3 is 5.97 Å². The van der Waals surface area contributed by atoms with Crippen molar-refractivity contribution in [2.45, 2.75) is 103 Å². The molecule has 3 nitrogen and oxygen atoms in total. The molecule has 0 aliphatic rings. The van der Waals surface area contributed by atoms with Gasteiger partial charge in [-0.2, -0.15) is 0 Å². The first-order valence-electron chi connectivity index (χ1n) is 10.7. The van der Waals surface area contributed by atoms with E-state index >= 15 is 0 Å². The summed E-state index contributed by atoms with van der Waals surface area (Å²) in [6, 6.07) is 8.81. The zero-order valence-electron chi connectivity index (χ0n) is 16.6. The third kappa shape index (κ3) is 12.1. The van der Waals surface area contributed by atoms with Crippen LogP contribution in [0.15, 0.2) is 30.3 Å². The predicted octanol–water partition coefficient (Wildman–Crippen LogP) is 6.64.